The van der Waals surface area contributed by atoms with Gasteiger partial charge in [-0.05, 0) is 50.2 Å². The van der Waals surface area contributed by atoms with Gasteiger partial charge < -0.3 is 20.4 Å². The number of rotatable bonds is 3. The third-order valence-corrected chi connectivity index (χ3v) is 4.61. The Bertz CT molecular complexity index is 857. The Morgan fingerprint density at radius 1 is 1.29 bits per heavy atom. The van der Waals surface area contributed by atoms with Crippen LogP contribution in [0.15, 0.2) is 42.7 Å². The van der Waals surface area contributed by atoms with Gasteiger partial charge in [0.1, 0.15) is 17.5 Å². The molecule has 0 aliphatic carbocycles. The summed E-state index contributed by atoms with van der Waals surface area (Å²) in [6, 6.07) is 10.3. The van der Waals surface area contributed by atoms with Crippen LogP contribution in [0.1, 0.15) is 12.8 Å². The fourth-order valence-corrected chi connectivity index (χ4v) is 3.34. The van der Waals surface area contributed by atoms with E-state index in [1.54, 1.807) is 6.20 Å². The Morgan fingerprint density at radius 2 is 2.21 bits per heavy atom. The number of anilines is 1. The highest BCUT2D eigenvalue weighted by atomic mass is 16.5. The first kappa shape index (κ1) is 15.0. The van der Waals surface area contributed by atoms with Crippen LogP contribution in [0.4, 0.5) is 5.69 Å². The van der Waals surface area contributed by atoms with Crippen LogP contribution >= 0.6 is 0 Å². The molecule has 3 heterocycles. The van der Waals surface area contributed by atoms with Crippen LogP contribution in [0.5, 0.6) is 5.75 Å². The Balaban J connectivity index is 1.60. The summed E-state index contributed by atoms with van der Waals surface area (Å²) < 4.78 is 6.19. The largest absolute Gasteiger partial charge is 0.489 e. The van der Waals surface area contributed by atoms with Crippen LogP contribution in [-0.4, -0.2) is 41.1 Å². The number of benzene rings is 1. The van der Waals surface area contributed by atoms with E-state index >= 15 is 0 Å². The molecule has 1 aliphatic heterocycles. The molecule has 0 amide bonds. The number of fused-ring (bicyclic) bond motifs is 1. The van der Waals surface area contributed by atoms with Gasteiger partial charge in [0.2, 0.25) is 0 Å². The van der Waals surface area contributed by atoms with E-state index in [0.717, 1.165) is 53.1 Å². The van der Waals surface area contributed by atoms with E-state index in [0.29, 0.717) is 0 Å². The lowest BCUT2D eigenvalue weighted by Gasteiger charge is -2.30. The molecule has 5 nitrogen and oxygen atoms in total. The number of nitrogen functional groups attached to an aromatic ring is 1. The molecule has 0 radical (unpaired) electrons. The van der Waals surface area contributed by atoms with Crippen molar-refractivity contribution < 1.29 is 4.74 Å². The van der Waals surface area contributed by atoms with E-state index in [1.165, 1.54) is 6.42 Å². The monoisotopic (exact) mass is 322 g/mol. The van der Waals surface area contributed by atoms with Crippen molar-refractivity contribution in [1.29, 1.82) is 0 Å². The van der Waals surface area contributed by atoms with E-state index in [9.17, 15) is 0 Å². The van der Waals surface area contributed by atoms with Gasteiger partial charge in [-0.2, -0.15) is 0 Å². The van der Waals surface area contributed by atoms with Crippen molar-refractivity contribution in [3.8, 4) is 16.9 Å². The van der Waals surface area contributed by atoms with Crippen LogP contribution in [0.2, 0.25) is 0 Å². The molecule has 1 aromatic carbocycles. The number of H-pyrrole nitrogens is 1. The molecule has 0 spiro atoms. The van der Waals surface area contributed by atoms with Gasteiger partial charge in [0, 0.05) is 29.9 Å². The number of nitrogens with two attached hydrogens (primary N) is 1. The van der Waals surface area contributed by atoms with Crippen LogP contribution in [0.3, 0.4) is 0 Å². The maximum absolute atomic E-state index is 6.19. The van der Waals surface area contributed by atoms with Crippen molar-refractivity contribution in [1.82, 2.24) is 14.9 Å². The number of hydrogen-bond acceptors (Lipinski definition) is 4. The molecule has 1 unspecified atom stereocenters. The van der Waals surface area contributed by atoms with Crippen molar-refractivity contribution >= 4 is 16.7 Å². The zero-order valence-corrected chi connectivity index (χ0v) is 13.8. The maximum atomic E-state index is 6.19. The zero-order chi connectivity index (χ0) is 16.5. The van der Waals surface area contributed by atoms with Crippen LogP contribution < -0.4 is 10.5 Å². The summed E-state index contributed by atoms with van der Waals surface area (Å²) >= 11 is 0. The minimum Gasteiger partial charge on any atom is -0.489 e. The molecule has 4 rings (SSSR count). The molecule has 1 atom stereocenters. The summed E-state index contributed by atoms with van der Waals surface area (Å²) in [7, 11) is 2.15. The average molecular weight is 322 g/mol. The Morgan fingerprint density at radius 3 is 3.08 bits per heavy atom. The Labute approximate surface area is 141 Å². The highest BCUT2D eigenvalue weighted by Gasteiger charge is 2.18. The smallest absolute Gasteiger partial charge is 0.139 e. The second-order valence-electron chi connectivity index (χ2n) is 6.54. The molecule has 1 saturated heterocycles. The van der Waals surface area contributed by atoms with Crippen molar-refractivity contribution in [3.63, 3.8) is 0 Å². The molecular formula is C19H22N4O. The second-order valence-corrected chi connectivity index (χ2v) is 6.54. The van der Waals surface area contributed by atoms with E-state index in [-0.39, 0.29) is 6.10 Å². The van der Waals surface area contributed by atoms with E-state index in [1.807, 2.05) is 18.3 Å². The van der Waals surface area contributed by atoms with E-state index in [2.05, 4.69) is 40.1 Å². The number of nitrogens with zero attached hydrogens (tertiary/aromatic N) is 2. The molecule has 3 aromatic rings. The third kappa shape index (κ3) is 2.95. The standard InChI is InChI=1S/C19H22N4O/c1-23-7-3-6-16(12-23)24-15-5-2-4-13(8-15)14-9-17-18(20)11-22-19(17)21-10-14/h2,4-5,8-11,16H,3,6-7,12,20H2,1H3,(H,21,22). The fraction of sp³-hybridized carbons (Fsp3) is 0.316. The first-order valence-corrected chi connectivity index (χ1v) is 8.37. The quantitative estimate of drug-likeness (QED) is 0.776. The number of nitrogens with one attached hydrogen (secondary N) is 1. The summed E-state index contributed by atoms with van der Waals surface area (Å²) in [4.78, 5) is 9.85. The van der Waals surface area contributed by atoms with Gasteiger partial charge >= 0.3 is 0 Å². The number of likely N-dealkylation sites (tertiary alicyclic amines) is 1. The lowest BCUT2D eigenvalue weighted by molar-refractivity contribution is 0.104. The van der Waals surface area contributed by atoms with Gasteiger partial charge in [0.15, 0.2) is 0 Å². The molecule has 124 valence electrons. The first-order valence-electron chi connectivity index (χ1n) is 8.37. The minimum atomic E-state index is 0.264. The first-order chi connectivity index (χ1) is 11.7. The van der Waals surface area contributed by atoms with Crippen molar-refractivity contribution in [2.24, 2.45) is 0 Å². The lowest BCUT2D eigenvalue weighted by atomic mass is 10.1. The van der Waals surface area contributed by atoms with Crippen molar-refractivity contribution in [2.75, 3.05) is 25.9 Å². The Hall–Kier alpha value is -2.53. The second kappa shape index (κ2) is 6.17. The zero-order valence-electron chi connectivity index (χ0n) is 13.8. The van der Waals surface area contributed by atoms with Gasteiger partial charge in [-0.15, -0.1) is 0 Å². The predicted molar refractivity (Wildman–Crippen MR) is 97.1 cm³/mol. The van der Waals surface area contributed by atoms with Gasteiger partial charge in [0.25, 0.3) is 0 Å². The molecule has 24 heavy (non-hydrogen) atoms. The van der Waals surface area contributed by atoms with Gasteiger partial charge in [-0.25, -0.2) is 4.98 Å². The van der Waals surface area contributed by atoms with Crippen molar-refractivity contribution in [2.45, 2.75) is 18.9 Å². The number of likely N-dealkylation sites (N-methyl/N-ethyl adjacent to an activating group) is 1. The highest BCUT2D eigenvalue weighted by Crippen LogP contribution is 2.28. The number of piperidine rings is 1. The molecule has 0 bridgehead atoms. The van der Waals surface area contributed by atoms with Crippen LogP contribution in [0.25, 0.3) is 22.2 Å². The third-order valence-electron chi connectivity index (χ3n) is 4.61. The Kier molecular flexibility index (Phi) is 3.86. The number of aromatic amines is 1. The molecular weight excluding hydrogens is 300 g/mol. The lowest BCUT2D eigenvalue weighted by Crippen LogP contribution is -2.38. The minimum absolute atomic E-state index is 0.264. The van der Waals surface area contributed by atoms with Crippen LogP contribution in [-0.2, 0) is 0 Å². The van der Waals surface area contributed by atoms with Gasteiger partial charge in [-0.3, -0.25) is 0 Å². The predicted octanol–water partition coefficient (Wildman–Crippen LogP) is 3.29. The molecule has 5 heteroatoms. The normalized spacial score (nSPS) is 18.8. The number of pyridine rings is 1. The average Bonchev–Trinajstić information content (AvgIpc) is 2.96. The van der Waals surface area contributed by atoms with Crippen LogP contribution in [0, 0.1) is 0 Å². The van der Waals surface area contributed by atoms with E-state index < -0.39 is 0 Å². The van der Waals surface area contributed by atoms with Gasteiger partial charge in [0.05, 0.1) is 5.69 Å². The summed E-state index contributed by atoms with van der Waals surface area (Å²) in [5.74, 6) is 0.912. The molecule has 3 N–H and O–H groups in total. The van der Waals surface area contributed by atoms with Crippen molar-refractivity contribution in [3.05, 3.63) is 42.7 Å². The van der Waals surface area contributed by atoms with E-state index in [4.69, 9.17) is 10.5 Å². The van der Waals surface area contributed by atoms with Gasteiger partial charge in [-0.1, -0.05) is 12.1 Å². The summed E-state index contributed by atoms with van der Waals surface area (Å²) in [5, 5.41) is 0.952. The summed E-state index contributed by atoms with van der Waals surface area (Å²) in [6.07, 6.45) is 6.21. The molecule has 2 aromatic heterocycles. The highest BCUT2D eigenvalue weighted by molar-refractivity contribution is 5.91. The number of hydrogen-bond donors (Lipinski definition) is 2. The maximum Gasteiger partial charge on any atom is 0.139 e. The fourth-order valence-electron chi connectivity index (χ4n) is 3.34. The summed E-state index contributed by atoms with van der Waals surface area (Å²) in [6.45, 7) is 2.14. The number of ether oxygens (including phenoxy) is 1. The topological polar surface area (TPSA) is 67.2 Å². The molecule has 1 fully saturated rings. The molecule has 0 saturated carbocycles. The number of aromatic nitrogens is 2. The summed E-state index contributed by atoms with van der Waals surface area (Å²) in [5.41, 5.74) is 9.65. The molecule has 1 aliphatic rings. The SMILES string of the molecule is CN1CCCC(Oc2cccc(-c3cnc4[nH]cc(N)c4c3)c2)C1.